The van der Waals surface area contributed by atoms with Crippen molar-refractivity contribution in [2.45, 2.75) is 37.5 Å². The van der Waals surface area contributed by atoms with Gasteiger partial charge in [-0.3, -0.25) is 0 Å². The summed E-state index contributed by atoms with van der Waals surface area (Å²) in [6.07, 6.45) is -2.71. The van der Waals surface area contributed by atoms with E-state index in [-0.39, 0.29) is 67.6 Å². The maximum atomic E-state index is 16.8. The fourth-order valence-electron chi connectivity index (χ4n) is 6.37. The second kappa shape index (κ2) is 11.1. The van der Waals surface area contributed by atoms with Crippen molar-refractivity contribution in [2.75, 3.05) is 30.3 Å². The zero-order valence-corrected chi connectivity index (χ0v) is 24.4. The van der Waals surface area contributed by atoms with Crippen molar-refractivity contribution in [2.24, 2.45) is 0 Å². The van der Waals surface area contributed by atoms with Crippen LogP contribution >= 0.6 is 11.3 Å². The summed E-state index contributed by atoms with van der Waals surface area (Å²) in [7, 11) is 0. The van der Waals surface area contributed by atoms with Crippen LogP contribution < -0.4 is 20.7 Å². The number of nitrogen functional groups attached to an aromatic ring is 1. The van der Waals surface area contributed by atoms with Gasteiger partial charge in [-0.25, -0.2) is 8.78 Å². The van der Waals surface area contributed by atoms with Gasteiger partial charge in [0.1, 0.15) is 28.2 Å². The van der Waals surface area contributed by atoms with Gasteiger partial charge in [-0.15, -0.1) is 11.3 Å². The summed E-state index contributed by atoms with van der Waals surface area (Å²) < 4.78 is 81.8. The van der Waals surface area contributed by atoms with Gasteiger partial charge in [-0.2, -0.15) is 28.4 Å². The minimum absolute atomic E-state index is 0.0827. The van der Waals surface area contributed by atoms with E-state index in [1.165, 1.54) is 0 Å². The Hall–Kier alpha value is -4.54. The van der Waals surface area contributed by atoms with Gasteiger partial charge in [0.25, 0.3) is 0 Å². The third kappa shape index (κ3) is 5.17. The van der Waals surface area contributed by atoms with Crippen LogP contribution in [0.5, 0.6) is 6.01 Å². The quantitative estimate of drug-likeness (QED) is 0.197. The zero-order chi connectivity index (χ0) is 31.5. The van der Waals surface area contributed by atoms with E-state index < -0.39 is 28.9 Å². The highest BCUT2D eigenvalue weighted by Crippen LogP contribution is 2.48. The number of ether oxygens (including phenoxy) is 1. The summed E-state index contributed by atoms with van der Waals surface area (Å²) in [5.41, 5.74) is 3.87. The molecule has 3 N–H and O–H groups in total. The molecule has 13 heteroatoms. The molecule has 45 heavy (non-hydrogen) atoms. The standard InChI is InChI=1S/C32H25F5N6OS/c33-23-9-8-19(24-21(13-38)29(39)45-28(23)24)25-22(32(35,36)37)12-20-27(26(25)34)41-31(44-11-10-16-4-2-1-3-5-16)42-30(20)43-14-17-6-7-18(15-43)40-17/h1-5,8-9,12,17-18,40H,6-7,10-11,14-15,39H2. The molecule has 2 aromatic heterocycles. The van der Waals surface area contributed by atoms with Gasteiger partial charge < -0.3 is 20.7 Å². The first kappa shape index (κ1) is 29.2. The van der Waals surface area contributed by atoms with Crippen molar-refractivity contribution in [3.8, 4) is 23.2 Å². The number of hydrogen-bond acceptors (Lipinski definition) is 8. The molecule has 0 aliphatic carbocycles. The molecule has 2 saturated heterocycles. The number of nitriles is 1. The molecule has 5 aromatic rings. The first-order valence-electron chi connectivity index (χ1n) is 14.3. The van der Waals surface area contributed by atoms with Gasteiger partial charge in [0.05, 0.1) is 22.4 Å². The van der Waals surface area contributed by atoms with E-state index in [0.29, 0.717) is 19.5 Å². The second-order valence-corrected chi connectivity index (χ2v) is 12.3. The second-order valence-electron chi connectivity index (χ2n) is 11.2. The summed E-state index contributed by atoms with van der Waals surface area (Å²) >= 11 is 0.717. The Bertz CT molecular complexity index is 1980. The molecule has 7 rings (SSSR count). The summed E-state index contributed by atoms with van der Waals surface area (Å²) in [6, 6.07) is 14.2. The lowest BCUT2D eigenvalue weighted by atomic mass is 9.92. The van der Waals surface area contributed by atoms with Gasteiger partial charge in [-0.05, 0) is 36.1 Å². The van der Waals surface area contributed by atoms with Gasteiger partial charge in [-0.1, -0.05) is 36.4 Å². The van der Waals surface area contributed by atoms with Crippen LogP contribution in [0.3, 0.4) is 0 Å². The fourth-order valence-corrected chi connectivity index (χ4v) is 7.32. The van der Waals surface area contributed by atoms with E-state index in [9.17, 15) is 22.8 Å². The molecule has 7 nitrogen and oxygen atoms in total. The average Bonchev–Trinajstić information content (AvgIpc) is 3.54. The molecule has 0 spiro atoms. The van der Waals surface area contributed by atoms with E-state index in [1.54, 1.807) is 0 Å². The third-order valence-corrected chi connectivity index (χ3v) is 9.40. The molecule has 0 radical (unpaired) electrons. The predicted molar refractivity (Wildman–Crippen MR) is 162 cm³/mol. The monoisotopic (exact) mass is 636 g/mol. The average molecular weight is 637 g/mol. The molecule has 2 aliphatic rings. The highest BCUT2D eigenvalue weighted by molar-refractivity contribution is 7.23. The Morgan fingerprint density at radius 1 is 1.07 bits per heavy atom. The summed E-state index contributed by atoms with van der Waals surface area (Å²) in [4.78, 5) is 10.7. The molecule has 230 valence electrons. The van der Waals surface area contributed by atoms with Crippen molar-refractivity contribution in [1.29, 1.82) is 5.26 Å². The number of nitrogens with zero attached hydrogens (tertiary/aromatic N) is 4. The highest BCUT2D eigenvalue weighted by Gasteiger charge is 2.39. The van der Waals surface area contributed by atoms with Crippen molar-refractivity contribution in [1.82, 2.24) is 15.3 Å². The van der Waals surface area contributed by atoms with E-state index in [4.69, 9.17) is 10.5 Å². The zero-order valence-electron chi connectivity index (χ0n) is 23.6. The van der Waals surface area contributed by atoms with Crippen LogP contribution in [0.4, 0.5) is 32.8 Å². The van der Waals surface area contributed by atoms with Crippen LogP contribution in [0, 0.1) is 23.0 Å². The maximum Gasteiger partial charge on any atom is 0.417 e. The summed E-state index contributed by atoms with van der Waals surface area (Å²) in [5, 5.41) is 12.9. The minimum Gasteiger partial charge on any atom is -0.463 e. The molecule has 2 atom stereocenters. The van der Waals surface area contributed by atoms with Crippen LogP contribution in [-0.2, 0) is 12.6 Å². The van der Waals surface area contributed by atoms with Crippen molar-refractivity contribution >= 4 is 43.1 Å². The van der Waals surface area contributed by atoms with Crippen LogP contribution in [0.1, 0.15) is 29.5 Å². The van der Waals surface area contributed by atoms with Crippen LogP contribution in [-0.4, -0.2) is 41.7 Å². The largest absolute Gasteiger partial charge is 0.463 e. The molecule has 2 aliphatic heterocycles. The summed E-state index contributed by atoms with van der Waals surface area (Å²) in [6.45, 7) is 1.08. The third-order valence-electron chi connectivity index (χ3n) is 8.38. The van der Waals surface area contributed by atoms with Crippen molar-refractivity contribution < 1.29 is 26.7 Å². The Kier molecular flexibility index (Phi) is 7.21. The van der Waals surface area contributed by atoms with Gasteiger partial charge in [0, 0.05) is 47.9 Å². The number of anilines is 2. The van der Waals surface area contributed by atoms with Gasteiger partial charge in [0.2, 0.25) is 0 Å². The number of fused-ring (bicyclic) bond motifs is 4. The predicted octanol–water partition coefficient (Wildman–Crippen LogP) is 6.82. The number of alkyl halides is 3. The molecule has 2 fully saturated rings. The van der Waals surface area contributed by atoms with Gasteiger partial charge in [0.15, 0.2) is 5.82 Å². The highest BCUT2D eigenvalue weighted by atomic mass is 32.1. The first-order chi connectivity index (χ1) is 21.6. The number of thiophene rings is 1. The number of nitrogens with one attached hydrogen (secondary N) is 1. The Morgan fingerprint density at radius 3 is 2.49 bits per heavy atom. The van der Waals surface area contributed by atoms with Crippen LogP contribution in [0.15, 0.2) is 48.5 Å². The van der Waals surface area contributed by atoms with E-state index in [1.807, 2.05) is 41.3 Å². The topological polar surface area (TPSA) is 100 Å². The normalized spacial score (nSPS) is 18.1. The number of nitrogens with two attached hydrogens (primary N) is 1. The fraction of sp³-hybridized carbons (Fsp3) is 0.281. The lowest BCUT2D eigenvalue weighted by Gasteiger charge is -2.34. The molecule has 0 amide bonds. The number of piperazine rings is 1. The molecular weight excluding hydrogens is 611 g/mol. The first-order valence-corrected chi connectivity index (χ1v) is 15.1. The number of halogens is 5. The van der Waals surface area contributed by atoms with Crippen molar-refractivity contribution in [3.05, 3.63) is 76.9 Å². The molecule has 4 heterocycles. The lowest BCUT2D eigenvalue weighted by molar-refractivity contribution is -0.137. The smallest absolute Gasteiger partial charge is 0.417 e. The van der Waals surface area contributed by atoms with Crippen LogP contribution in [0.25, 0.3) is 32.1 Å². The summed E-state index contributed by atoms with van der Waals surface area (Å²) in [5.74, 6) is -1.92. The van der Waals surface area contributed by atoms with E-state index in [2.05, 4.69) is 15.3 Å². The number of aromatic nitrogens is 2. The van der Waals surface area contributed by atoms with E-state index >= 15 is 4.39 Å². The lowest BCUT2D eigenvalue weighted by Crippen LogP contribution is -2.51. The SMILES string of the molecule is N#Cc1c(N)sc2c(F)ccc(-c3c(C(F)(F)F)cc4c(N5CC6CCC(C5)N6)nc(OCCc5ccccc5)nc4c3F)c12. The van der Waals surface area contributed by atoms with Crippen molar-refractivity contribution in [3.63, 3.8) is 0 Å². The Balaban J connectivity index is 1.45. The maximum absolute atomic E-state index is 16.8. The van der Waals surface area contributed by atoms with Crippen LogP contribution in [0.2, 0.25) is 0 Å². The molecular formula is C32H25F5N6OS. The van der Waals surface area contributed by atoms with Gasteiger partial charge >= 0.3 is 12.2 Å². The van der Waals surface area contributed by atoms with E-state index in [0.717, 1.165) is 47.9 Å². The number of benzene rings is 3. The number of hydrogen-bond donors (Lipinski definition) is 2. The number of rotatable bonds is 6. The molecule has 0 saturated carbocycles. The minimum atomic E-state index is -5.02. The Morgan fingerprint density at radius 2 is 1.80 bits per heavy atom. The Labute approximate surface area is 258 Å². The molecule has 2 unspecified atom stereocenters. The molecule has 3 aromatic carbocycles. The molecule has 2 bridgehead atoms.